The SMILES string of the molecule is C=C(C)/C=C/C[C@@]1(OCc2ccccc2)[C@@H](C=O)O[C@@H]2OC(C)(C)O[C@@H]21. The Bertz CT molecular complexity index is 681. The highest BCUT2D eigenvalue weighted by molar-refractivity contribution is 5.60. The van der Waals surface area contributed by atoms with Crippen LogP contribution in [0.1, 0.15) is 32.8 Å². The van der Waals surface area contributed by atoms with E-state index in [2.05, 4.69) is 6.58 Å². The summed E-state index contributed by atoms with van der Waals surface area (Å²) < 4.78 is 24.1. The molecular weight excluding hydrogens is 332 g/mol. The summed E-state index contributed by atoms with van der Waals surface area (Å²) in [6.07, 6.45) is 3.19. The maximum Gasteiger partial charge on any atom is 0.191 e. The molecule has 3 rings (SSSR count). The van der Waals surface area contributed by atoms with Gasteiger partial charge in [0.1, 0.15) is 17.8 Å². The molecule has 0 bridgehead atoms. The van der Waals surface area contributed by atoms with Gasteiger partial charge in [-0.25, -0.2) is 0 Å². The summed E-state index contributed by atoms with van der Waals surface area (Å²) in [5, 5.41) is 0. The molecule has 5 heteroatoms. The lowest BCUT2D eigenvalue weighted by atomic mass is 9.88. The molecule has 140 valence electrons. The average molecular weight is 358 g/mol. The molecule has 0 N–H and O–H groups in total. The molecule has 2 fully saturated rings. The molecule has 0 amide bonds. The molecule has 0 aromatic heterocycles. The molecule has 1 aromatic carbocycles. The van der Waals surface area contributed by atoms with E-state index >= 15 is 0 Å². The Kier molecular flexibility index (Phi) is 5.44. The molecule has 1 aromatic rings. The van der Waals surface area contributed by atoms with Crippen molar-refractivity contribution in [2.75, 3.05) is 0 Å². The minimum Gasteiger partial charge on any atom is -0.364 e. The van der Waals surface area contributed by atoms with Gasteiger partial charge in [-0.2, -0.15) is 0 Å². The Labute approximate surface area is 154 Å². The molecule has 2 aliphatic rings. The third-order valence-corrected chi connectivity index (χ3v) is 4.62. The zero-order valence-corrected chi connectivity index (χ0v) is 15.5. The Balaban J connectivity index is 1.89. The van der Waals surface area contributed by atoms with Crippen molar-refractivity contribution in [3.8, 4) is 0 Å². The fourth-order valence-corrected chi connectivity index (χ4v) is 3.42. The molecule has 0 saturated carbocycles. The molecule has 2 saturated heterocycles. The first-order valence-electron chi connectivity index (χ1n) is 8.83. The van der Waals surface area contributed by atoms with Gasteiger partial charge in [-0.1, -0.05) is 54.6 Å². The maximum atomic E-state index is 11.8. The van der Waals surface area contributed by atoms with E-state index in [1.165, 1.54) is 0 Å². The Morgan fingerprint density at radius 3 is 2.65 bits per heavy atom. The van der Waals surface area contributed by atoms with Gasteiger partial charge in [-0.3, -0.25) is 0 Å². The highest BCUT2D eigenvalue weighted by atomic mass is 16.8. The summed E-state index contributed by atoms with van der Waals surface area (Å²) in [5.41, 5.74) is 0.981. The lowest BCUT2D eigenvalue weighted by molar-refractivity contribution is -0.233. The number of benzene rings is 1. The molecule has 2 aliphatic heterocycles. The second-order valence-corrected chi connectivity index (χ2v) is 7.30. The Morgan fingerprint density at radius 2 is 2.00 bits per heavy atom. The normalized spacial score (nSPS) is 32.7. The average Bonchev–Trinajstić information content (AvgIpc) is 3.04. The number of fused-ring (bicyclic) bond motifs is 1. The number of hydrogen-bond acceptors (Lipinski definition) is 5. The summed E-state index contributed by atoms with van der Waals surface area (Å²) >= 11 is 0. The van der Waals surface area contributed by atoms with Crippen molar-refractivity contribution in [3.05, 3.63) is 60.2 Å². The topological polar surface area (TPSA) is 54.0 Å². The predicted octanol–water partition coefficient (Wildman–Crippen LogP) is 3.54. The third kappa shape index (κ3) is 3.81. The summed E-state index contributed by atoms with van der Waals surface area (Å²) in [6.45, 7) is 9.80. The van der Waals surface area contributed by atoms with Crippen LogP contribution in [0.2, 0.25) is 0 Å². The monoisotopic (exact) mass is 358 g/mol. The van der Waals surface area contributed by atoms with Gasteiger partial charge in [0, 0.05) is 6.42 Å². The van der Waals surface area contributed by atoms with Crippen molar-refractivity contribution >= 4 is 6.29 Å². The van der Waals surface area contributed by atoms with Crippen molar-refractivity contribution in [1.29, 1.82) is 0 Å². The molecule has 0 radical (unpaired) electrons. The third-order valence-electron chi connectivity index (χ3n) is 4.62. The van der Waals surface area contributed by atoms with E-state index in [-0.39, 0.29) is 0 Å². The second kappa shape index (κ2) is 7.45. The molecule has 4 atom stereocenters. The Hall–Kier alpha value is -1.79. The van der Waals surface area contributed by atoms with Crippen molar-refractivity contribution in [3.63, 3.8) is 0 Å². The molecule has 0 unspecified atom stereocenters. The van der Waals surface area contributed by atoms with Crippen LogP contribution in [0.15, 0.2) is 54.6 Å². The second-order valence-electron chi connectivity index (χ2n) is 7.30. The van der Waals surface area contributed by atoms with E-state index in [0.717, 1.165) is 17.4 Å². The lowest BCUT2D eigenvalue weighted by Gasteiger charge is -2.35. The van der Waals surface area contributed by atoms with Crippen LogP contribution in [-0.4, -0.2) is 36.2 Å². The molecule has 26 heavy (non-hydrogen) atoms. The number of rotatable bonds is 7. The molecule has 0 aliphatic carbocycles. The number of carbonyl (C=O) groups is 1. The van der Waals surface area contributed by atoms with Gasteiger partial charge in [0.25, 0.3) is 0 Å². The smallest absolute Gasteiger partial charge is 0.191 e. The van der Waals surface area contributed by atoms with E-state index in [1.54, 1.807) is 0 Å². The highest BCUT2D eigenvalue weighted by Crippen LogP contribution is 2.46. The number of hydrogen-bond donors (Lipinski definition) is 0. The first kappa shape index (κ1) is 19.0. The number of allylic oxidation sites excluding steroid dienone is 2. The van der Waals surface area contributed by atoms with Crippen molar-refractivity contribution in [1.82, 2.24) is 0 Å². The highest BCUT2D eigenvalue weighted by Gasteiger charge is 2.64. The number of carbonyl (C=O) groups excluding carboxylic acids is 1. The van der Waals surface area contributed by atoms with Crippen LogP contribution in [0.5, 0.6) is 0 Å². The summed E-state index contributed by atoms with van der Waals surface area (Å²) in [5.74, 6) is -0.789. The van der Waals surface area contributed by atoms with Crippen molar-refractivity contribution < 1.29 is 23.7 Å². The van der Waals surface area contributed by atoms with Gasteiger partial charge in [0.05, 0.1) is 6.61 Å². The van der Waals surface area contributed by atoms with Crippen LogP contribution in [0.3, 0.4) is 0 Å². The van der Waals surface area contributed by atoms with Gasteiger partial charge >= 0.3 is 0 Å². The van der Waals surface area contributed by atoms with Gasteiger partial charge < -0.3 is 23.7 Å². The lowest BCUT2D eigenvalue weighted by Crippen LogP contribution is -2.51. The summed E-state index contributed by atoms with van der Waals surface area (Å²) in [6, 6.07) is 9.83. The number of aldehydes is 1. The van der Waals surface area contributed by atoms with E-state index < -0.39 is 29.9 Å². The molecule has 2 heterocycles. The van der Waals surface area contributed by atoms with Crippen LogP contribution in [-0.2, 0) is 30.3 Å². The minimum atomic E-state index is -0.956. The summed E-state index contributed by atoms with van der Waals surface area (Å²) in [7, 11) is 0. The van der Waals surface area contributed by atoms with Gasteiger partial charge in [-0.05, 0) is 26.3 Å². The van der Waals surface area contributed by atoms with Crippen LogP contribution in [0.25, 0.3) is 0 Å². The zero-order chi connectivity index (χ0) is 18.8. The van der Waals surface area contributed by atoms with Crippen LogP contribution >= 0.6 is 0 Å². The summed E-state index contributed by atoms with van der Waals surface area (Å²) in [4.78, 5) is 11.8. The van der Waals surface area contributed by atoms with Gasteiger partial charge in [-0.15, -0.1) is 0 Å². The maximum absolute atomic E-state index is 11.8. The first-order valence-corrected chi connectivity index (χ1v) is 8.83. The fourth-order valence-electron chi connectivity index (χ4n) is 3.42. The van der Waals surface area contributed by atoms with Crippen molar-refractivity contribution in [2.45, 2.75) is 63.7 Å². The minimum absolute atomic E-state index is 0.350. The van der Waals surface area contributed by atoms with Gasteiger partial charge in [0.15, 0.2) is 18.4 Å². The van der Waals surface area contributed by atoms with E-state index in [4.69, 9.17) is 18.9 Å². The predicted molar refractivity (Wildman–Crippen MR) is 97.3 cm³/mol. The first-order chi connectivity index (χ1) is 12.4. The fraction of sp³-hybridized carbons (Fsp3) is 0.476. The Morgan fingerprint density at radius 1 is 1.27 bits per heavy atom. The van der Waals surface area contributed by atoms with Crippen LogP contribution < -0.4 is 0 Å². The van der Waals surface area contributed by atoms with Gasteiger partial charge in [0.2, 0.25) is 0 Å². The molecular formula is C21H26O5. The van der Waals surface area contributed by atoms with Crippen LogP contribution in [0, 0.1) is 0 Å². The van der Waals surface area contributed by atoms with E-state index in [1.807, 2.05) is 63.3 Å². The van der Waals surface area contributed by atoms with E-state index in [0.29, 0.717) is 13.0 Å². The zero-order valence-electron chi connectivity index (χ0n) is 15.5. The van der Waals surface area contributed by atoms with E-state index in [9.17, 15) is 4.79 Å². The quantitative estimate of drug-likeness (QED) is 0.551. The number of ether oxygens (including phenoxy) is 4. The standard InChI is InChI=1S/C21H26O5/c1-15(2)9-8-12-21(23-14-16-10-6-5-7-11-16)17(13-22)24-19-18(21)25-20(3,4)26-19/h5-11,13,17-19H,1,12,14H2,2-4H3/b9-8+/t17-,18+,19-,21-/m1/s1. The largest absolute Gasteiger partial charge is 0.364 e. The molecule has 5 nitrogen and oxygen atoms in total. The van der Waals surface area contributed by atoms with Crippen molar-refractivity contribution in [2.24, 2.45) is 0 Å². The van der Waals surface area contributed by atoms with Crippen LogP contribution in [0.4, 0.5) is 0 Å². The molecule has 0 spiro atoms.